The van der Waals surface area contributed by atoms with E-state index in [4.69, 9.17) is 5.11 Å². The van der Waals surface area contributed by atoms with E-state index in [9.17, 15) is 18.0 Å². The van der Waals surface area contributed by atoms with E-state index in [2.05, 4.69) is 15.3 Å². The lowest BCUT2D eigenvalue weighted by Crippen LogP contribution is -2.31. The van der Waals surface area contributed by atoms with Gasteiger partial charge in [-0.05, 0) is 25.7 Å². The number of aldehydes is 1. The maximum absolute atomic E-state index is 12.0. The van der Waals surface area contributed by atoms with Crippen molar-refractivity contribution in [3.63, 3.8) is 0 Å². The van der Waals surface area contributed by atoms with Crippen molar-refractivity contribution >= 4 is 46.0 Å². The molecule has 1 fully saturated rings. The summed E-state index contributed by atoms with van der Waals surface area (Å²) >= 11 is 3.00. The molecule has 1 saturated heterocycles. The van der Waals surface area contributed by atoms with Crippen molar-refractivity contribution in [2.45, 2.75) is 38.3 Å². The van der Waals surface area contributed by atoms with Crippen LogP contribution in [0.4, 0.5) is 18.3 Å². The summed E-state index contributed by atoms with van der Waals surface area (Å²) < 4.78 is 37.2. The first-order valence-electron chi connectivity index (χ1n) is 8.91. The predicted molar refractivity (Wildman–Crippen MR) is 112 cm³/mol. The molecule has 0 unspecified atom stereocenters. The number of aromatic nitrogens is 2. The van der Waals surface area contributed by atoms with E-state index >= 15 is 0 Å². The summed E-state index contributed by atoms with van der Waals surface area (Å²) in [6.07, 6.45) is 2.69. The zero-order valence-electron chi connectivity index (χ0n) is 16.0. The van der Waals surface area contributed by atoms with Gasteiger partial charge in [0.2, 0.25) is 0 Å². The number of anilines is 1. The standard InChI is InChI=1S/C9H11N3OS2.C8H12F3NOS/c1-5-8(15-7(3-13)11-5)6-4-14-9(10-2)12-6;9-8(10,11)14-12-4-1-7(2-5-12)3-6-13/h4,13H,3H2,1-2H3,(H,10,12);6-7H,1-5H2. The van der Waals surface area contributed by atoms with Gasteiger partial charge in [-0.15, -0.1) is 22.7 Å². The van der Waals surface area contributed by atoms with Gasteiger partial charge in [0.15, 0.2) is 5.13 Å². The monoisotopic (exact) mass is 468 g/mol. The number of alkyl halides is 3. The van der Waals surface area contributed by atoms with E-state index < -0.39 is 5.51 Å². The molecule has 0 bridgehead atoms. The van der Waals surface area contributed by atoms with Crippen molar-refractivity contribution < 1.29 is 23.1 Å². The smallest absolute Gasteiger partial charge is 0.389 e. The second kappa shape index (κ2) is 11.3. The predicted octanol–water partition coefficient (Wildman–Crippen LogP) is 4.56. The first kappa shape index (κ1) is 24.1. The highest BCUT2D eigenvalue weighted by molar-refractivity contribution is 7.97. The van der Waals surface area contributed by atoms with Crippen molar-refractivity contribution in [1.82, 2.24) is 14.3 Å². The molecule has 2 aromatic rings. The maximum atomic E-state index is 12.0. The number of nitrogens with one attached hydrogen (secondary N) is 1. The Bertz CT molecular complexity index is 774. The van der Waals surface area contributed by atoms with Gasteiger partial charge in [0.1, 0.15) is 11.3 Å². The molecule has 3 rings (SSSR count). The summed E-state index contributed by atoms with van der Waals surface area (Å²) in [7, 11) is 1.85. The molecule has 0 spiro atoms. The van der Waals surface area contributed by atoms with Gasteiger partial charge in [-0.2, -0.15) is 13.2 Å². The second-order valence-electron chi connectivity index (χ2n) is 6.28. The summed E-state index contributed by atoms with van der Waals surface area (Å²) in [6.45, 7) is 2.77. The zero-order chi connectivity index (χ0) is 21.4. The largest absolute Gasteiger partial charge is 0.456 e. The fraction of sp³-hybridized carbons (Fsp3) is 0.588. The third-order valence-electron chi connectivity index (χ3n) is 4.16. The summed E-state index contributed by atoms with van der Waals surface area (Å²) in [5, 5.41) is 15.6. The lowest BCUT2D eigenvalue weighted by Gasteiger charge is -2.30. The Kier molecular flexibility index (Phi) is 9.34. The van der Waals surface area contributed by atoms with Gasteiger partial charge in [0.25, 0.3) is 0 Å². The summed E-state index contributed by atoms with van der Waals surface area (Å²) in [5.74, 6) is 0.276. The van der Waals surface area contributed by atoms with Gasteiger partial charge in [0.05, 0.1) is 22.9 Å². The molecule has 0 radical (unpaired) electrons. The Morgan fingerprint density at radius 3 is 2.55 bits per heavy atom. The lowest BCUT2D eigenvalue weighted by atomic mass is 9.95. The lowest BCUT2D eigenvalue weighted by molar-refractivity contribution is -0.108. The van der Waals surface area contributed by atoms with E-state index in [1.807, 2.05) is 19.4 Å². The molecule has 29 heavy (non-hydrogen) atoms. The molecule has 12 heteroatoms. The van der Waals surface area contributed by atoms with Gasteiger partial charge in [-0.25, -0.2) is 14.3 Å². The number of carbonyl (C=O) groups is 1. The number of piperidine rings is 1. The molecular formula is C17H23F3N4O2S3. The molecule has 0 aromatic carbocycles. The van der Waals surface area contributed by atoms with E-state index in [0.29, 0.717) is 32.4 Å². The molecule has 2 N–H and O–H groups in total. The van der Waals surface area contributed by atoms with Crippen molar-refractivity contribution in [2.75, 3.05) is 25.5 Å². The number of hydrogen-bond acceptors (Lipinski definition) is 9. The fourth-order valence-electron chi connectivity index (χ4n) is 2.77. The van der Waals surface area contributed by atoms with Crippen LogP contribution < -0.4 is 5.32 Å². The molecule has 2 aromatic heterocycles. The Hall–Kier alpha value is -1.21. The minimum absolute atomic E-state index is 0.00543. The molecule has 0 saturated carbocycles. The van der Waals surface area contributed by atoms with Gasteiger partial charge in [-0.1, -0.05) is 0 Å². The Morgan fingerprint density at radius 1 is 1.38 bits per heavy atom. The first-order chi connectivity index (χ1) is 13.8. The minimum Gasteiger partial charge on any atom is -0.389 e. The number of halogens is 3. The van der Waals surface area contributed by atoms with Crippen LogP contribution in [0.15, 0.2) is 5.38 Å². The SMILES string of the molecule is CNc1nc(-c2sc(CO)nc2C)cs1.O=CCC1CCN(SC(F)(F)F)CC1. The number of aliphatic hydroxyl groups excluding tert-OH is 1. The molecule has 0 aliphatic carbocycles. The number of carbonyl (C=O) groups excluding carboxylic acids is 1. The van der Waals surface area contributed by atoms with Crippen molar-refractivity contribution in [3.8, 4) is 10.6 Å². The minimum atomic E-state index is -4.18. The average molecular weight is 469 g/mol. The third-order valence-corrected chi connectivity index (χ3v) is 7.02. The number of aliphatic hydroxyl groups is 1. The highest BCUT2D eigenvalue weighted by atomic mass is 32.2. The topological polar surface area (TPSA) is 78.4 Å². The third kappa shape index (κ3) is 7.85. The van der Waals surface area contributed by atoms with Gasteiger partial charge in [0, 0.05) is 43.9 Å². The van der Waals surface area contributed by atoms with E-state index in [1.165, 1.54) is 15.6 Å². The summed E-state index contributed by atoms with van der Waals surface area (Å²) in [4.78, 5) is 19.9. The van der Waals surface area contributed by atoms with Crippen molar-refractivity contribution in [3.05, 3.63) is 16.1 Å². The second-order valence-corrected chi connectivity index (χ2v) is 9.38. The van der Waals surface area contributed by atoms with Gasteiger partial charge in [-0.3, -0.25) is 0 Å². The van der Waals surface area contributed by atoms with Gasteiger partial charge < -0.3 is 15.2 Å². The Labute approximate surface area is 179 Å². The molecule has 0 amide bonds. The number of hydrogen-bond donors (Lipinski definition) is 2. The molecule has 6 nitrogen and oxygen atoms in total. The number of nitrogens with zero attached hydrogens (tertiary/aromatic N) is 3. The molecular weight excluding hydrogens is 445 g/mol. The first-order valence-corrected chi connectivity index (χ1v) is 11.4. The molecule has 0 atom stereocenters. The number of rotatable bonds is 6. The fourth-order valence-corrected chi connectivity index (χ4v) is 5.08. The van der Waals surface area contributed by atoms with Crippen LogP contribution in [0.1, 0.15) is 30.0 Å². The van der Waals surface area contributed by atoms with Crippen molar-refractivity contribution in [1.29, 1.82) is 0 Å². The van der Waals surface area contributed by atoms with E-state index in [-0.39, 0.29) is 24.5 Å². The van der Waals surface area contributed by atoms with Crippen LogP contribution in [-0.2, 0) is 11.4 Å². The molecule has 1 aliphatic heterocycles. The Morgan fingerprint density at radius 2 is 2.07 bits per heavy atom. The van der Waals surface area contributed by atoms with Crippen LogP contribution in [-0.4, -0.2) is 51.3 Å². The highest BCUT2D eigenvalue weighted by Crippen LogP contribution is 2.36. The molecule has 162 valence electrons. The quantitative estimate of drug-likeness (QED) is 0.475. The van der Waals surface area contributed by atoms with Crippen molar-refractivity contribution in [2.24, 2.45) is 5.92 Å². The molecule has 1 aliphatic rings. The number of thiazole rings is 2. The van der Waals surface area contributed by atoms with E-state index in [0.717, 1.165) is 32.7 Å². The normalized spacial score (nSPS) is 15.7. The van der Waals surface area contributed by atoms with E-state index in [1.54, 1.807) is 11.3 Å². The average Bonchev–Trinajstić information content (AvgIpc) is 3.29. The molecule has 3 heterocycles. The highest BCUT2D eigenvalue weighted by Gasteiger charge is 2.34. The van der Waals surface area contributed by atoms with Gasteiger partial charge >= 0.3 is 5.51 Å². The summed E-state index contributed by atoms with van der Waals surface area (Å²) in [5.41, 5.74) is -2.33. The maximum Gasteiger partial charge on any atom is 0.456 e. The van der Waals surface area contributed by atoms with Crippen LogP contribution in [0.25, 0.3) is 10.6 Å². The van der Waals surface area contributed by atoms with Crippen LogP contribution in [0.3, 0.4) is 0 Å². The number of aryl methyl sites for hydroxylation is 1. The van der Waals surface area contributed by atoms with Crippen LogP contribution in [0, 0.1) is 12.8 Å². The zero-order valence-corrected chi connectivity index (χ0v) is 18.5. The van der Waals surface area contributed by atoms with Crippen LogP contribution >= 0.6 is 34.6 Å². The Balaban J connectivity index is 0.000000208. The van der Waals surface area contributed by atoms with Crippen LogP contribution in [0.5, 0.6) is 0 Å². The summed E-state index contributed by atoms with van der Waals surface area (Å²) in [6, 6.07) is 0. The van der Waals surface area contributed by atoms with Crippen LogP contribution in [0.2, 0.25) is 0 Å².